The summed E-state index contributed by atoms with van der Waals surface area (Å²) in [6.07, 6.45) is -5.40. The third-order valence-corrected chi connectivity index (χ3v) is 2.40. The Morgan fingerprint density at radius 1 is 1.05 bits per heavy atom. The van der Waals surface area contributed by atoms with Gasteiger partial charge < -0.3 is 20.4 Å². The largest absolute Gasteiger partial charge is 0.481 e. The van der Waals surface area contributed by atoms with Crippen molar-refractivity contribution >= 4 is 23.7 Å². The Labute approximate surface area is 105 Å². The van der Waals surface area contributed by atoms with Gasteiger partial charge in [-0.3, -0.25) is 19.2 Å². The SMILES string of the molecule is C=C(F)C(=O)[C@H](O)C(CC(=O)O)(CC(=O)O)C(=O)O. The van der Waals surface area contributed by atoms with Crippen LogP contribution in [0.3, 0.4) is 0 Å². The third kappa shape index (κ3) is 3.85. The Hall–Kier alpha value is -2.29. The molecule has 1 atom stereocenters. The van der Waals surface area contributed by atoms with Crippen molar-refractivity contribution in [2.75, 3.05) is 0 Å². The number of carbonyl (C=O) groups excluding carboxylic acids is 1. The van der Waals surface area contributed by atoms with Gasteiger partial charge in [0.2, 0.25) is 5.78 Å². The molecule has 0 amide bonds. The molecule has 0 saturated carbocycles. The summed E-state index contributed by atoms with van der Waals surface area (Å²) in [5.41, 5.74) is -2.87. The summed E-state index contributed by atoms with van der Waals surface area (Å²) in [4.78, 5) is 43.5. The molecule has 0 rings (SSSR count). The summed E-state index contributed by atoms with van der Waals surface area (Å²) < 4.78 is 12.6. The van der Waals surface area contributed by atoms with Crippen LogP contribution in [0.15, 0.2) is 12.4 Å². The first-order valence-corrected chi connectivity index (χ1v) is 4.78. The predicted octanol–water partition coefficient (Wildman–Crippen LogP) is -0.580. The Bertz CT molecular complexity index is 425. The number of carboxylic acids is 3. The fourth-order valence-electron chi connectivity index (χ4n) is 1.46. The standard InChI is InChI=1S/C10H11FO8/c1-4(11)7(16)8(17)10(9(18)19,2-5(12)13)3-6(14)15/h8,17H,1-3H2,(H,12,13)(H,14,15)(H,18,19)/t8-/m0/s1. The molecule has 0 fully saturated rings. The molecule has 4 N–H and O–H groups in total. The van der Waals surface area contributed by atoms with Crippen molar-refractivity contribution in [1.29, 1.82) is 0 Å². The van der Waals surface area contributed by atoms with Crippen LogP contribution in [0.5, 0.6) is 0 Å². The quantitative estimate of drug-likeness (QED) is 0.431. The van der Waals surface area contributed by atoms with E-state index in [1.807, 2.05) is 0 Å². The number of ketones is 1. The summed E-state index contributed by atoms with van der Waals surface area (Å²) in [7, 11) is 0. The van der Waals surface area contributed by atoms with Gasteiger partial charge in [-0.25, -0.2) is 4.39 Å². The lowest BCUT2D eigenvalue weighted by atomic mass is 9.74. The van der Waals surface area contributed by atoms with Gasteiger partial charge in [-0.1, -0.05) is 6.58 Å². The highest BCUT2D eigenvalue weighted by Gasteiger charge is 2.52. The first kappa shape index (κ1) is 16.7. The van der Waals surface area contributed by atoms with E-state index in [4.69, 9.17) is 15.3 Å². The topological polar surface area (TPSA) is 149 Å². The number of carboxylic acid groups (broad SMARTS) is 3. The highest BCUT2D eigenvalue weighted by molar-refractivity contribution is 6.01. The van der Waals surface area contributed by atoms with Crippen molar-refractivity contribution in [1.82, 2.24) is 0 Å². The second-order valence-electron chi connectivity index (χ2n) is 3.77. The second-order valence-corrected chi connectivity index (χ2v) is 3.77. The minimum absolute atomic E-state index is 1.37. The molecule has 0 radical (unpaired) electrons. The van der Waals surface area contributed by atoms with Crippen LogP contribution in [0.1, 0.15) is 12.8 Å². The van der Waals surface area contributed by atoms with Gasteiger partial charge in [-0.2, -0.15) is 0 Å². The van der Waals surface area contributed by atoms with E-state index < -0.39 is 53.9 Å². The monoisotopic (exact) mass is 278 g/mol. The van der Waals surface area contributed by atoms with Crippen molar-refractivity contribution < 1.29 is 44.0 Å². The third-order valence-electron chi connectivity index (χ3n) is 2.40. The van der Waals surface area contributed by atoms with Crippen LogP contribution in [0.4, 0.5) is 4.39 Å². The summed E-state index contributed by atoms with van der Waals surface area (Å²) >= 11 is 0. The van der Waals surface area contributed by atoms with E-state index in [1.165, 1.54) is 0 Å². The number of rotatable bonds is 8. The maximum atomic E-state index is 12.6. The van der Waals surface area contributed by atoms with Crippen LogP contribution in [0.25, 0.3) is 0 Å². The molecule has 0 unspecified atom stereocenters. The summed E-state index contributed by atoms with van der Waals surface area (Å²) in [5.74, 6) is -9.04. The van der Waals surface area contributed by atoms with E-state index in [0.717, 1.165) is 0 Å². The van der Waals surface area contributed by atoms with Gasteiger partial charge in [0.15, 0.2) is 5.83 Å². The molecule has 0 spiro atoms. The van der Waals surface area contributed by atoms with Crippen LogP contribution in [0.2, 0.25) is 0 Å². The molecule has 0 aromatic rings. The van der Waals surface area contributed by atoms with E-state index in [2.05, 4.69) is 6.58 Å². The van der Waals surface area contributed by atoms with Gasteiger partial charge in [0.05, 0.1) is 12.8 Å². The number of halogens is 1. The van der Waals surface area contributed by atoms with Crippen molar-refractivity contribution in [3.63, 3.8) is 0 Å². The second kappa shape index (κ2) is 6.05. The average Bonchev–Trinajstić information content (AvgIpc) is 2.24. The lowest BCUT2D eigenvalue weighted by Gasteiger charge is -2.29. The fraction of sp³-hybridized carbons (Fsp3) is 0.400. The van der Waals surface area contributed by atoms with Gasteiger partial charge in [-0.15, -0.1) is 0 Å². The first-order valence-electron chi connectivity index (χ1n) is 4.78. The zero-order valence-corrected chi connectivity index (χ0v) is 9.50. The first-order chi connectivity index (χ1) is 8.54. The molecule has 0 aromatic heterocycles. The number of Topliss-reactive ketones (excluding diaryl/α,β-unsaturated/α-hetero) is 1. The molecule has 0 aliphatic carbocycles. The van der Waals surface area contributed by atoms with Crippen LogP contribution >= 0.6 is 0 Å². The minimum atomic E-state index is -2.87. The Kier molecular flexibility index (Phi) is 5.32. The van der Waals surface area contributed by atoms with Crippen molar-refractivity contribution in [2.24, 2.45) is 5.41 Å². The number of aliphatic hydroxyl groups excluding tert-OH is 1. The highest BCUT2D eigenvalue weighted by atomic mass is 19.1. The van der Waals surface area contributed by atoms with Gasteiger partial charge in [0, 0.05) is 0 Å². The number of carbonyl (C=O) groups is 4. The molecule has 106 valence electrons. The van der Waals surface area contributed by atoms with E-state index in [-0.39, 0.29) is 0 Å². The van der Waals surface area contributed by atoms with Gasteiger partial charge in [0.1, 0.15) is 11.5 Å². The van der Waals surface area contributed by atoms with Crippen LogP contribution in [-0.4, -0.2) is 50.2 Å². The van der Waals surface area contributed by atoms with Crippen LogP contribution in [0, 0.1) is 5.41 Å². The molecule has 0 aliphatic heterocycles. The molecular weight excluding hydrogens is 267 g/mol. The molecule has 0 bridgehead atoms. The van der Waals surface area contributed by atoms with E-state index in [0.29, 0.717) is 0 Å². The highest BCUT2D eigenvalue weighted by Crippen LogP contribution is 2.33. The van der Waals surface area contributed by atoms with Gasteiger partial charge >= 0.3 is 17.9 Å². The lowest BCUT2D eigenvalue weighted by Crippen LogP contribution is -2.49. The van der Waals surface area contributed by atoms with Crippen molar-refractivity contribution in [2.45, 2.75) is 18.9 Å². The summed E-state index contributed by atoms with van der Waals surface area (Å²) in [6, 6.07) is 0. The van der Waals surface area contributed by atoms with Crippen LogP contribution in [-0.2, 0) is 19.2 Å². The van der Waals surface area contributed by atoms with Gasteiger partial charge in [-0.05, 0) is 0 Å². The minimum Gasteiger partial charge on any atom is -0.481 e. The molecule has 8 nitrogen and oxygen atoms in total. The number of aliphatic hydroxyl groups is 1. The molecule has 0 aliphatic rings. The molecular formula is C10H11FO8. The van der Waals surface area contributed by atoms with E-state index in [1.54, 1.807) is 0 Å². The average molecular weight is 278 g/mol. The Balaban J connectivity index is 5.74. The Morgan fingerprint density at radius 2 is 1.42 bits per heavy atom. The lowest BCUT2D eigenvalue weighted by molar-refractivity contribution is -0.171. The normalized spacial score (nSPS) is 12.5. The molecule has 0 saturated heterocycles. The van der Waals surface area contributed by atoms with E-state index >= 15 is 0 Å². The fourth-order valence-corrected chi connectivity index (χ4v) is 1.46. The summed E-state index contributed by atoms with van der Waals surface area (Å²) in [6.45, 7) is 2.54. The maximum Gasteiger partial charge on any atom is 0.313 e. The summed E-state index contributed by atoms with van der Waals surface area (Å²) in [5, 5.41) is 35.6. The zero-order chi connectivity index (χ0) is 15.4. The number of aliphatic carboxylic acids is 3. The Morgan fingerprint density at radius 3 is 1.63 bits per heavy atom. The number of hydrogen-bond donors (Lipinski definition) is 4. The van der Waals surface area contributed by atoms with Gasteiger partial charge in [0.25, 0.3) is 0 Å². The van der Waals surface area contributed by atoms with Crippen LogP contribution < -0.4 is 0 Å². The van der Waals surface area contributed by atoms with Crippen molar-refractivity contribution in [3.05, 3.63) is 12.4 Å². The zero-order valence-electron chi connectivity index (χ0n) is 9.50. The molecule has 0 heterocycles. The maximum absolute atomic E-state index is 12.6. The smallest absolute Gasteiger partial charge is 0.313 e. The number of hydrogen-bond acceptors (Lipinski definition) is 5. The molecule has 9 heteroatoms. The predicted molar refractivity (Wildman–Crippen MR) is 55.8 cm³/mol. The van der Waals surface area contributed by atoms with Crippen molar-refractivity contribution in [3.8, 4) is 0 Å². The van der Waals surface area contributed by atoms with E-state index in [9.17, 15) is 28.7 Å². The molecule has 0 aromatic carbocycles. The molecule has 19 heavy (non-hydrogen) atoms.